The van der Waals surface area contributed by atoms with Crippen LogP contribution in [0.2, 0.25) is 0 Å². The lowest BCUT2D eigenvalue weighted by atomic mass is 9.92. The predicted molar refractivity (Wildman–Crippen MR) is 109 cm³/mol. The number of hydrogen-bond donors (Lipinski definition) is 1. The monoisotopic (exact) mass is 369 g/mol. The van der Waals surface area contributed by atoms with Gasteiger partial charge in [-0.1, -0.05) is 51.0 Å². The third-order valence-corrected chi connectivity index (χ3v) is 5.68. The van der Waals surface area contributed by atoms with Crippen LogP contribution in [0.1, 0.15) is 32.3 Å². The van der Waals surface area contributed by atoms with Crippen molar-refractivity contribution in [3.05, 3.63) is 42.1 Å². The molecular weight excluding hydrogens is 338 g/mol. The van der Waals surface area contributed by atoms with E-state index in [4.69, 9.17) is 4.74 Å². The van der Waals surface area contributed by atoms with Crippen molar-refractivity contribution < 1.29 is 9.53 Å². The summed E-state index contributed by atoms with van der Waals surface area (Å²) in [7, 11) is 0. The molecule has 1 N–H and O–H groups in total. The maximum Gasteiger partial charge on any atom is 0.224 e. The van der Waals surface area contributed by atoms with E-state index in [0.717, 1.165) is 55.6 Å². The number of benzene rings is 1. The summed E-state index contributed by atoms with van der Waals surface area (Å²) in [6.45, 7) is 8.65. The first-order valence-electron chi connectivity index (χ1n) is 10.1. The Labute approximate surface area is 162 Å². The normalized spacial score (nSPS) is 16.6. The van der Waals surface area contributed by atoms with E-state index in [2.05, 4.69) is 29.0 Å². The number of carbonyl (C=O) groups is 1. The smallest absolute Gasteiger partial charge is 0.224 e. The van der Waals surface area contributed by atoms with Crippen LogP contribution in [0.4, 0.5) is 0 Å². The van der Waals surface area contributed by atoms with Gasteiger partial charge in [0.1, 0.15) is 0 Å². The molecule has 0 radical (unpaired) electrons. The van der Waals surface area contributed by atoms with Gasteiger partial charge in [0, 0.05) is 37.3 Å². The van der Waals surface area contributed by atoms with Crippen molar-refractivity contribution in [3.63, 3.8) is 0 Å². The van der Waals surface area contributed by atoms with Crippen molar-refractivity contribution in [2.24, 2.45) is 5.92 Å². The van der Waals surface area contributed by atoms with Gasteiger partial charge in [-0.15, -0.1) is 0 Å². The molecule has 5 nitrogen and oxygen atoms in total. The molecule has 1 aliphatic rings. The molecule has 1 aliphatic heterocycles. The number of nitrogens with one attached hydrogen (secondary N) is 1. The third kappa shape index (κ3) is 5.05. The minimum absolute atomic E-state index is 0.0670. The highest BCUT2D eigenvalue weighted by molar-refractivity contribution is 5.87. The number of hydrogen-bond acceptors (Lipinski definition) is 4. The number of pyridine rings is 1. The number of morpholine rings is 1. The molecule has 0 bridgehead atoms. The van der Waals surface area contributed by atoms with E-state index in [0.29, 0.717) is 24.9 Å². The van der Waals surface area contributed by atoms with Crippen molar-refractivity contribution in [2.75, 3.05) is 32.8 Å². The molecule has 0 unspecified atom stereocenters. The van der Waals surface area contributed by atoms with Crippen LogP contribution in [-0.4, -0.2) is 54.7 Å². The zero-order chi connectivity index (χ0) is 19.1. The van der Waals surface area contributed by atoms with E-state index >= 15 is 0 Å². The van der Waals surface area contributed by atoms with Gasteiger partial charge in [0.2, 0.25) is 5.91 Å². The van der Waals surface area contributed by atoms with E-state index in [1.54, 1.807) is 6.20 Å². The molecule has 3 rings (SSSR count). The average Bonchev–Trinajstić information content (AvgIpc) is 2.72. The lowest BCUT2D eigenvalue weighted by Crippen LogP contribution is -2.52. The van der Waals surface area contributed by atoms with Gasteiger partial charge in [0.05, 0.1) is 25.2 Å². The Bertz CT molecular complexity index is 734. The van der Waals surface area contributed by atoms with Crippen LogP contribution in [0.5, 0.6) is 0 Å². The number of carbonyl (C=O) groups excluding carboxylic acids is 1. The molecule has 5 heteroatoms. The Morgan fingerprint density at radius 1 is 1.19 bits per heavy atom. The minimum atomic E-state index is 0.0670. The molecule has 0 saturated carbocycles. The van der Waals surface area contributed by atoms with E-state index < -0.39 is 0 Å². The Hall–Kier alpha value is -1.98. The number of ether oxygens (including phenoxy) is 1. The largest absolute Gasteiger partial charge is 0.379 e. The Morgan fingerprint density at radius 2 is 1.93 bits per heavy atom. The second kappa shape index (κ2) is 9.81. The summed E-state index contributed by atoms with van der Waals surface area (Å²) in [5, 5.41) is 4.27. The zero-order valence-corrected chi connectivity index (χ0v) is 16.5. The van der Waals surface area contributed by atoms with Crippen molar-refractivity contribution in [2.45, 2.75) is 39.2 Å². The first-order chi connectivity index (χ1) is 13.2. The highest BCUT2D eigenvalue weighted by Crippen LogP contribution is 2.20. The maximum absolute atomic E-state index is 12.7. The van der Waals surface area contributed by atoms with Gasteiger partial charge in [-0.05, 0) is 17.5 Å². The number of fused-ring (bicyclic) bond motifs is 1. The van der Waals surface area contributed by atoms with Crippen molar-refractivity contribution in [1.82, 2.24) is 15.2 Å². The molecule has 0 spiro atoms. The van der Waals surface area contributed by atoms with Gasteiger partial charge in [-0.2, -0.15) is 0 Å². The molecule has 2 heterocycles. The summed E-state index contributed by atoms with van der Waals surface area (Å²) in [5.41, 5.74) is 1.90. The van der Waals surface area contributed by atoms with Gasteiger partial charge in [0.15, 0.2) is 0 Å². The Balaban J connectivity index is 1.64. The summed E-state index contributed by atoms with van der Waals surface area (Å²) in [4.78, 5) is 19.6. The van der Waals surface area contributed by atoms with Crippen LogP contribution in [0.25, 0.3) is 10.9 Å². The summed E-state index contributed by atoms with van der Waals surface area (Å²) in [5.74, 6) is 0.653. The van der Waals surface area contributed by atoms with Crippen molar-refractivity contribution in [1.29, 1.82) is 0 Å². The standard InChI is InChI=1S/C22H31N3O2/c1-3-17(4-2)20(25-11-13-27-14-12-25)16-24-21(26)15-19-8-5-7-18-9-6-10-23-22(18)19/h5-10,17,20H,3-4,11-16H2,1-2H3,(H,24,26)/t20-/m1/s1. The molecule has 1 fully saturated rings. The third-order valence-electron chi connectivity index (χ3n) is 5.68. The van der Waals surface area contributed by atoms with E-state index in [9.17, 15) is 4.79 Å². The van der Waals surface area contributed by atoms with Crippen LogP contribution in [0.3, 0.4) is 0 Å². The lowest BCUT2D eigenvalue weighted by Gasteiger charge is -2.38. The summed E-state index contributed by atoms with van der Waals surface area (Å²) < 4.78 is 5.51. The number of rotatable bonds is 8. The second-order valence-electron chi connectivity index (χ2n) is 7.27. The van der Waals surface area contributed by atoms with Crippen LogP contribution < -0.4 is 5.32 Å². The lowest BCUT2D eigenvalue weighted by molar-refractivity contribution is -0.120. The quantitative estimate of drug-likeness (QED) is 0.777. The molecule has 1 saturated heterocycles. The maximum atomic E-state index is 12.7. The molecule has 1 aromatic carbocycles. The fourth-order valence-corrected chi connectivity index (χ4v) is 4.10. The molecule has 1 aromatic heterocycles. The number of aromatic nitrogens is 1. The van der Waals surface area contributed by atoms with Crippen LogP contribution in [-0.2, 0) is 16.0 Å². The Morgan fingerprint density at radius 3 is 2.67 bits per heavy atom. The first-order valence-corrected chi connectivity index (χ1v) is 10.1. The highest BCUT2D eigenvalue weighted by Gasteiger charge is 2.27. The zero-order valence-electron chi connectivity index (χ0n) is 16.5. The average molecular weight is 370 g/mol. The number of amides is 1. The van der Waals surface area contributed by atoms with Crippen LogP contribution >= 0.6 is 0 Å². The molecule has 146 valence electrons. The number of nitrogens with zero attached hydrogens (tertiary/aromatic N) is 2. The number of para-hydroxylation sites is 1. The molecule has 0 aliphatic carbocycles. The van der Waals surface area contributed by atoms with Crippen molar-refractivity contribution in [3.8, 4) is 0 Å². The highest BCUT2D eigenvalue weighted by atomic mass is 16.5. The fourth-order valence-electron chi connectivity index (χ4n) is 4.10. The molecule has 1 amide bonds. The van der Waals surface area contributed by atoms with Crippen LogP contribution in [0, 0.1) is 5.92 Å². The van der Waals surface area contributed by atoms with Gasteiger partial charge in [-0.25, -0.2) is 0 Å². The first kappa shape index (κ1) is 19.8. The minimum Gasteiger partial charge on any atom is -0.379 e. The molecule has 2 aromatic rings. The van der Waals surface area contributed by atoms with E-state index in [1.165, 1.54) is 0 Å². The van der Waals surface area contributed by atoms with E-state index in [-0.39, 0.29) is 5.91 Å². The predicted octanol–water partition coefficient (Wildman–Crippen LogP) is 3.03. The topological polar surface area (TPSA) is 54.5 Å². The SMILES string of the molecule is CCC(CC)[C@@H](CNC(=O)Cc1cccc2cccnc12)N1CCOCC1. The summed E-state index contributed by atoms with van der Waals surface area (Å²) >= 11 is 0. The molecule has 27 heavy (non-hydrogen) atoms. The van der Waals surface area contributed by atoms with Gasteiger partial charge < -0.3 is 10.1 Å². The van der Waals surface area contributed by atoms with Gasteiger partial charge in [0.25, 0.3) is 0 Å². The summed E-state index contributed by atoms with van der Waals surface area (Å²) in [6.07, 6.45) is 4.40. The van der Waals surface area contributed by atoms with Gasteiger partial charge in [-0.3, -0.25) is 14.7 Å². The summed E-state index contributed by atoms with van der Waals surface area (Å²) in [6, 6.07) is 10.4. The Kier molecular flexibility index (Phi) is 7.18. The molecular formula is C22H31N3O2. The van der Waals surface area contributed by atoms with Crippen LogP contribution in [0.15, 0.2) is 36.5 Å². The van der Waals surface area contributed by atoms with Crippen molar-refractivity contribution >= 4 is 16.8 Å². The fraction of sp³-hybridized carbons (Fsp3) is 0.545. The van der Waals surface area contributed by atoms with Gasteiger partial charge >= 0.3 is 0 Å². The second-order valence-corrected chi connectivity index (χ2v) is 7.27. The molecule has 1 atom stereocenters. The van der Waals surface area contributed by atoms with E-state index in [1.807, 2.05) is 30.3 Å².